The van der Waals surface area contributed by atoms with E-state index in [4.69, 9.17) is 21.7 Å². The molecule has 4 heteroatoms. The zero-order chi connectivity index (χ0) is 14.1. The molecule has 0 fully saturated rings. The molecule has 0 spiro atoms. The Morgan fingerprint density at radius 2 is 1.95 bits per heavy atom. The zero-order valence-electron chi connectivity index (χ0n) is 12.0. The van der Waals surface area contributed by atoms with E-state index in [1.807, 2.05) is 49.1 Å². The highest BCUT2D eigenvalue weighted by atomic mass is 32.1. The van der Waals surface area contributed by atoms with Crippen molar-refractivity contribution >= 4 is 23.1 Å². The molecule has 0 N–H and O–H groups in total. The van der Waals surface area contributed by atoms with Gasteiger partial charge in [0.05, 0.1) is 6.61 Å². The number of unbranched alkanes of at least 4 members (excludes halogenated alkanes) is 1. The Bertz CT molecular complexity index is 370. The number of rotatable bonds is 7. The lowest BCUT2D eigenvalue weighted by atomic mass is 10.3. The van der Waals surface area contributed by atoms with Crippen LogP contribution in [-0.2, 0) is 9.47 Å². The topological polar surface area (TPSA) is 21.7 Å². The summed E-state index contributed by atoms with van der Waals surface area (Å²) >= 11 is 5.34. The number of benzene rings is 1. The van der Waals surface area contributed by atoms with Gasteiger partial charge in [-0.15, -0.1) is 0 Å². The summed E-state index contributed by atoms with van der Waals surface area (Å²) < 4.78 is 11.3. The smallest absolute Gasteiger partial charge is 0.266 e. The van der Waals surface area contributed by atoms with Gasteiger partial charge in [0.1, 0.15) is 6.23 Å². The van der Waals surface area contributed by atoms with Crippen LogP contribution in [0.15, 0.2) is 30.3 Å². The molecule has 0 amide bonds. The van der Waals surface area contributed by atoms with Gasteiger partial charge in [-0.3, -0.25) is 4.90 Å². The maximum atomic E-state index is 5.82. The van der Waals surface area contributed by atoms with Gasteiger partial charge in [0.15, 0.2) is 0 Å². The minimum Gasteiger partial charge on any atom is -0.471 e. The van der Waals surface area contributed by atoms with Crippen molar-refractivity contribution < 1.29 is 9.47 Å². The Labute approximate surface area is 121 Å². The van der Waals surface area contributed by atoms with Gasteiger partial charge in [0.2, 0.25) is 0 Å². The number of hydrogen-bond acceptors (Lipinski definition) is 3. The lowest BCUT2D eigenvalue weighted by Crippen LogP contribution is -2.40. The molecule has 0 heterocycles. The average molecular weight is 281 g/mol. The van der Waals surface area contributed by atoms with Crippen molar-refractivity contribution in [2.75, 3.05) is 18.1 Å². The lowest BCUT2D eigenvalue weighted by Gasteiger charge is -2.30. The monoisotopic (exact) mass is 281 g/mol. The molecular weight excluding hydrogens is 258 g/mol. The Morgan fingerprint density at radius 1 is 1.26 bits per heavy atom. The van der Waals surface area contributed by atoms with Crippen LogP contribution >= 0.6 is 12.2 Å². The van der Waals surface area contributed by atoms with E-state index in [1.165, 1.54) is 0 Å². The van der Waals surface area contributed by atoms with E-state index in [9.17, 15) is 0 Å². The Hall–Kier alpha value is -1.13. The zero-order valence-corrected chi connectivity index (χ0v) is 12.8. The second-order valence-corrected chi connectivity index (χ2v) is 4.58. The number of nitrogens with zero attached hydrogens (tertiary/aromatic N) is 1. The molecule has 1 aromatic carbocycles. The average Bonchev–Trinajstić information content (AvgIpc) is 2.41. The summed E-state index contributed by atoms with van der Waals surface area (Å²) in [5.74, 6) is 0. The van der Waals surface area contributed by atoms with Gasteiger partial charge < -0.3 is 9.47 Å². The summed E-state index contributed by atoms with van der Waals surface area (Å²) in [5, 5.41) is 0.456. The van der Waals surface area contributed by atoms with Crippen LogP contribution in [0.1, 0.15) is 33.6 Å². The largest absolute Gasteiger partial charge is 0.471 e. The normalized spacial score (nSPS) is 11.9. The molecule has 0 aliphatic carbocycles. The molecule has 0 saturated carbocycles. The van der Waals surface area contributed by atoms with Crippen molar-refractivity contribution in [1.29, 1.82) is 0 Å². The van der Waals surface area contributed by atoms with E-state index in [2.05, 4.69) is 6.92 Å². The van der Waals surface area contributed by atoms with Crippen LogP contribution in [0.5, 0.6) is 0 Å². The first-order valence-electron chi connectivity index (χ1n) is 6.83. The molecule has 0 aliphatic rings. The van der Waals surface area contributed by atoms with Crippen LogP contribution in [-0.4, -0.2) is 24.6 Å². The predicted octanol–water partition coefficient (Wildman–Crippen LogP) is 3.98. The molecular formula is C15H23NO2S. The SMILES string of the molecule is CCCCOC(C)N(C(=S)OCC)c1ccccc1. The summed E-state index contributed by atoms with van der Waals surface area (Å²) in [5.41, 5.74) is 0.991. The predicted molar refractivity (Wildman–Crippen MR) is 83.5 cm³/mol. The molecule has 0 aliphatic heterocycles. The van der Waals surface area contributed by atoms with E-state index in [1.54, 1.807) is 0 Å². The molecule has 3 nitrogen and oxygen atoms in total. The summed E-state index contributed by atoms with van der Waals surface area (Å²) in [6.45, 7) is 7.36. The molecule has 1 rings (SSSR count). The fourth-order valence-electron chi connectivity index (χ4n) is 1.72. The second kappa shape index (κ2) is 8.88. The van der Waals surface area contributed by atoms with E-state index in [0.29, 0.717) is 11.8 Å². The number of hydrogen-bond donors (Lipinski definition) is 0. The summed E-state index contributed by atoms with van der Waals surface area (Å²) in [4.78, 5) is 1.91. The van der Waals surface area contributed by atoms with Crippen LogP contribution in [0.3, 0.4) is 0 Å². The standard InChI is InChI=1S/C15H23NO2S/c1-4-6-12-18-13(3)16(15(19)17-5-2)14-10-8-7-9-11-14/h7-11,13H,4-6,12H2,1-3H3. The van der Waals surface area contributed by atoms with E-state index >= 15 is 0 Å². The quantitative estimate of drug-likeness (QED) is 0.428. The number of anilines is 1. The Kier molecular flexibility index (Phi) is 7.45. The lowest BCUT2D eigenvalue weighted by molar-refractivity contribution is 0.0671. The van der Waals surface area contributed by atoms with Gasteiger partial charge in [-0.1, -0.05) is 31.5 Å². The van der Waals surface area contributed by atoms with Gasteiger partial charge >= 0.3 is 0 Å². The molecule has 106 valence electrons. The fraction of sp³-hybridized carbons (Fsp3) is 0.533. The second-order valence-electron chi connectivity index (χ2n) is 4.23. The van der Waals surface area contributed by atoms with Crippen molar-refractivity contribution in [2.45, 2.75) is 39.8 Å². The van der Waals surface area contributed by atoms with E-state index in [-0.39, 0.29) is 6.23 Å². The first-order valence-corrected chi connectivity index (χ1v) is 7.24. The molecule has 0 saturated heterocycles. The van der Waals surface area contributed by atoms with Gasteiger partial charge in [0.25, 0.3) is 5.17 Å². The number of thiocarbonyl (C=S) groups is 1. The van der Waals surface area contributed by atoms with Crippen LogP contribution < -0.4 is 4.90 Å². The molecule has 0 radical (unpaired) electrons. The third-order valence-electron chi connectivity index (χ3n) is 2.72. The highest BCUT2D eigenvalue weighted by molar-refractivity contribution is 7.80. The van der Waals surface area contributed by atoms with E-state index in [0.717, 1.165) is 25.1 Å². The Balaban J connectivity index is 2.77. The maximum Gasteiger partial charge on any atom is 0.266 e. The van der Waals surface area contributed by atoms with Crippen LogP contribution in [0.4, 0.5) is 5.69 Å². The van der Waals surface area contributed by atoms with Crippen LogP contribution in [0.25, 0.3) is 0 Å². The van der Waals surface area contributed by atoms with Crippen molar-refractivity contribution in [3.05, 3.63) is 30.3 Å². The van der Waals surface area contributed by atoms with Gasteiger partial charge in [-0.2, -0.15) is 0 Å². The van der Waals surface area contributed by atoms with Gasteiger partial charge in [0, 0.05) is 12.3 Å². The molecule has 0 bridgehead atoms. The molecule has 1 unspecified atom stereocenters. The molecule has 19 heavy (non-hydrogen) atoms. The highest BCUT2D eigenvalue weighted by Crippen LogP contribution is 2.19. The van der Waals surface area contributed by atoms with Crippen molar-refractivity contribution in [3.8, 4) is 0 Å². The summed E-state index contributed by atoms with van der Waals surface area (Å²) in [7, 11) is 0. The summed E-state index contributed by atoms with van der Waals surface area (Å²) in [6, 6.07) is 9.95. The highest BCUT2D eigenvalue weighted by Gasteiger charge is 2.20. The number of ether oxygens (including phenoxy) is 2. The minimum absolute atomic E-state index is 0.131. The van der Waals surface area contributed by atoms with Crippen molar-refractivity contribution in [3.63, 3.8) is 0 Å². The fourth-order valence-corrected chi connectivity index (χ4v) is 2.09. The number of para-hydroxylation sites is 1. The first-order chi connectivity index (χ1) is 9.20. The first kappa shape index (κ1) is 15.9. The van der Waals surface area contributed by atoms with E-state index < -0.39 is 0 Å². The molecule has 0 aromatic heterocycles. The molecule has 1 aromatic rings. The maximum absolute atomic E-state index is 5.82. The molecule has 1 atom stereocenters. The van der Waals surface area contributed by atoms with Crippen molar-refractivity contribution in [2.24, 2.45) is 0 Å². The minimum atomic E-state index is -0.131. The van der Waals surface area contributed by atoms with Crippen LogP contribution in [0, 0.1) is 0 Å². The van der Waals surface area contributed by atoms with Gasteiger partial charge in [-0.05, 0) is 44.6 Å². The van der Waals surface area contributed by atoms with Crippen molar-refractivity contribution in [1.82, 2.24) is 0 Å². The third-order valence-corrected chi connectivity index (χ3v) is 3.03. The third kappa shape index (κ3) is 5.17. The van der Waals surface area contributed by atoms with Gasteiger partial charge in [-0.25, -0.2) is 0 Å². The van der Waals surface area contributed by atoms with Crippen LogP contribution in [0.2, 0.25) is 0 Å². The Morgan fingerprint density at radius 3 is 2.53 bits per heavy atom. The summed E-state index contributed by atoms with van der Waals surface area (Å²) in [6.07, 6.45) is 2.04.